The molecule has 2 heterocycles. The Labute approximate surface area is 143 Å². The first-order valence-corrected chi connectivity index (χ1v) is 9.07. The summed E-state index contributed by atoms with van der Waals surface area (Å²) >= 11 is 1.38. The minimum absolute atomic E-state index is 0.0729. The molecular formula is C17H20FN3O2S. The fourth-order valence-electron chi connectivity index (χ4n) is 3.02. The molecule has 2 atom stereocenters. The molecule has 2 N–H and O–H groups in total. The number of hydrogen-bond donors (Lipinski definition) is 2. The number of thioether (sulfide) groups is 1. The van der Waals surface area contributed by atoms with E-state index in [1.807, 2.05) is 6.92 Å². The number of hydrogen-bond acceptors (Lipinski definition) is 3. The first kappa shape index (κ1) is 16.8. The summed E-state index contributed by atoms with van der Waals surface area (Å²) < 4.78 is 15.0. The largest absolute Gasteiger partial charge is 0.310 e. The van der Waals surface area contributed by atoms with Crippen LogP contribution in [0.2, 0.25) is 0 Å². The molecule has 0 saturated carbocycles. The van der Waals surface area contributed by atoms with Crippen LogP contribution in [-0.2, 0) is 4.79 Å². The van der Waals surface area contributed by atoms with Crippen LogP contribution >= 0.6 is 11.8 Å². The van der Waals surface area contributed by atoms with Gasteiger partial charge in [-0.05, 0) is 31.0 Å². The molecule has 0 aliphatic carbocycles. The lowest BCUT2D eigenvalue weighted by Crippen LogP contribution is -2.18. The van der Waals surface area contributed by atoms with Gasteiger partial charge in [-0.1, -0.05) is 25.5 Å². The van der Waals surface area contributed by atoms with Gasteiger partial charge in [0, 0.05) is 6.04 Å². The first-order chi connectivity index (χ1) is 11.5. The summed E-state index contributed by atoms with van der Waals surface area (Å²) in [5.41, 5.74) is 1.13. The number of halogens is 1. The van der Waals surface area contributed by atoms with E-state index in [4.69, 9.17) is 0 Å². The van der Waals surface area contributed by atoms with Gasteiger partial charge in [0.05, 0.1) is 16.6 Å². The number of carbonyl (C=O) groups is 1. The molecule has 0 saturated heterocycles. The van der Waals surface area contributed by atoms with Crippen LogP contribution in [0, 0.1) is 5.82 Å². The fourth-order valence-corrected chi connectivity index (χ4v) is 4.15. The zero-order chi connectivity index (χ0) is 17.3. The van der Waals surface area contributed by atoms with Gasteiger partial charge in [0.25, 0.3) is 5.56 Å². The highest BCUT2D eigenvalue weighted by molar-refractivity contribution is 8.00. The van der Waals surface area contributed by atoms with E-state index >= 15 is 0 Å². The molecule has 1 amide bonds. The number of nitrogens with one attached hydrogen (secondary N) is 2. The molecule has 24 heavy (non-hydrogen) atoms. The number of benzene rings is 1. The van der Waals surface area contributed by atoms with Crippen LogP contribution in [0.1, 0.15) is 49.1 Å². The summed E-state index contributed by atoms with van der Waals surface area (Å²) in [6, 6.07) is 6.16. The number of rotatable bonds is 4. The topological polar surface area (TPSA) is 66.9 Å². The van der Waals surface area contributed by atoms with Crippen LogP contribution in [0.25, 0.3) is 0 Å². The molecule has 1 aliphatic heterocycles. The Morgan fingerprint density at radius 2 is 2.04 bits per heavy atom. The number of aromatic nitrogens is 2. The number of amides is 1. The highest BCUT2D eigenvalue weighted by Crippen LogP contribution is 2.40. The number of aromatic amines is 1. The molecule has 0 radical (unpaired) electrons. The summed E-state index contributed by atoms with van der Waals surface area (Å²) in [6.07, 6.45) is 1.86. The average Bonchev–Trinajstić information content (AvgIpc) is 2.75. The minimum atomic E-state index is -0.324. The van der Waals surface area contributed by atoms with Crippen LogP contribution < -0.4 is 10.9 Å². The Morgan fingerprint density at radius 1 is 1.33 bits per heavy atom. The van der Waals surface area contributed by atoms with Crippen molar-refractivity contribution in [1.82, 2.24) is 9.78 Å². The molecular weight excluding hydrogens is 329 g/mol. The van der Waals surface area contributed by atoms with Crippen molar-refractivity contribution in [2.75, 3.05) is 11.1 Å². The summed E-state index contributed by atoms with van der Waals surface area (Å²) in [5.74, 6) is 0.320. The van der Waals surface area contributed by atoms with E-state index in [1.54, 1.807) is 16.8 Å². The lowest BCUT2D eigenvalue weighted by atomic mass is 10.1. The molecule has 0 spiro atoms. The fraction of sp³-hybridized carbons (Fsp3) is 0.412. The van der Waals surface area contributed by atoms with E-state index < -0.39 is 0 Å². The summed E-state index contributed by atoms with van der Waals surface area (Å²) in [4.78, 5) is 24.7. The molecule has 1 aliphatic rings. The van der Waals surface area contributed by atoms with Gasteiger partial charge in [0.2, 0.25) is 5.91 Å². The second-order valence-electron chi connectivity index (χ2n) is 6.00. The third-order valence-electron chi connectivity index (χ3n) is 4.18. The van der Waals surface area contributed by atoms with E-state index in [1.165, 1.54) is 23.9 Å². The maximum absolute atomic E-state index is 13.2. The minimum Gasteiger partial charge on any atom is -0.310 e. The third-order valence-corrected chi connectivity index (χ3v) is 5.45. The Morgan fingerprint density at radius 3 is 2.71 bits per heavy atom. The quantitative estimate of drug-likeness (QED) is 0.888. The Balaban J connectivity index is 2.11. The van der Waals surface area contributed by atoms with Crippen LogP contribution in [-0.4, -0.2) is 21.4 Å². The van der Waals surface area contributed by atoms with Crippen molar-refractivity contribution >= 4 is 23.5 Å². The van der Waals surface area contributed by atoms with Gasteiger partial charge in [-0.2, -0.15) is 0 Å². The van der Waals surface area contributed by atoms with Gasteiger partial charge < -0.3 is 5.32 Å². The van der Waals surface area contributed by atoms with Crippen molar-refractivity contribution in [3.63, 3.8) is 0 Å². The van der Waals surface area contributed by atoms with Gasteiger partial charge >= 0.3 is 0 Å². The summed E-state index contributed by atoms with van der Waals surface area (Å²) in [6.45, 7) is 4.09. The molecule has 0 bridgehead atoms. The second-order valence-corrected chi connectivity index (χ2v) is 7.10. The van der Waals surface area contributed by atoms with Crippen molar-refractivity contribution < 1.29 is 9.18 Å². The number of H-pyrrole nitrogens is 1. The number of fused-ring (bicyclic) bond motifs is 1. The average molecular weight is 349 g/mol. The van der Waals surface area contributed by atoms with Crippen molar-refractivity contribution in [1.29, 1.82) is 0 Å². The first-order valence-electron chi connectivity index (χ1n) is 8.02. The van der Waals surface area contributed by atoms with Crippen molar-refractivity contribution in [3.05, 3.63) is 51.6 Å². The zero-order valence-electron chi connectivity index (χ0n) is 13.6. The standard InChI is InChI=1S/C17H20FN3O2S/c1-3-4-10(2)21-16-14(17(23)20-21)15(24-9-13(22)19-16)11-5-7-12(18)8-6-11/h5-8,10,15H,3-4,9H2,1-2H3,(H,19,22)(H,20,23)/t10-,15-/m1/s1. The Hall–Kier alpha value is -2.02. The van der Waals surface area contributed by atoms with Crippen LogP contribution in [0.3, 0.4) is 0 Å². The normalized spacial score (nSPS) is 18.6. The van der Waals surface area contributed by atoms with E-state index in [-0.39, 0.29) is 34.3 Å². The van der Waals surface area contributed by atoms with Crippen LogP contribution in [0.15, 0.2) is 29.1 Å². The van der Waals surface area contributed by atoms with Gasteiger partial charge in [-0.25, -0.2) is 4.39 Å². The van der Waals surface area contributed by atoms with Gasteiger partial charge in [-0.3, -0.25) is 19.4 Å². The van der Waals surface area contributed by atoms with E-state index in [9.17, 15) is 14.0 Å². The highest BCUT2D eigenvalue weighted by Gasteiger charge is 2.31. The molecule has 1 aromatic heterocycles. The summed E-state index contributed by atoms with van der Waals surface area (Å²) in [5, 5.41) is 5.41. The van der Waals surface area contributed by atoms with Gasteiger partial charge in [0.1, 0.15) is 11.6 Å². The Bertz CT molecular complexity index is 797. The van der Waals surface area contributed by atoms with Crippen LogP contribution in [0.4, 0.5) is 10.2 Å². The molecule has 0 unspecified atom stereocenters. The number of nitrogens with zero attached hydrogens (tertiary/aromatic N) is 1. The van der Waals surface area contributed by atoms with Gasteiger partial charge in [0.15, 0.2) is 0 Å². The number of anilines is 1. The third kappa shape index (κ3) is 3.13. The van der Waals surface area contributed by atoms with Crippen molar-refractivity contribution in [2.45, 2.75) is 38.0 Å². The monoisotopic (exact) mass is 349 g/mol. The van der Waals surface area contributed by atoms with Crippen molar-refractivity contribution in [3.8, 4) is 0 Å². The molecule has 3 rings (SSSR count). The predicted octanol–water partition coefficient (Wildman–Crippen LogP) is 3.45. The molecule has 7 heteroatoms. The molecule has 5 nitrogen and oxygen atoms in total. The molecule has 1 aromatic carbocycles. The van der Waals surface area contributed by atoms with Crippen molar-refractivity contribution in [2.24, 2.45) is 0 Å². The smallest absolute Gasteiger partial charge is 0.270 e. The lowest BCUT2D eigenvalue weighted by molar-refractivity contribution is -0.113. The summed E-state index contributed by atoms with van der Waals surface area (Å²) in [7, 11) is 0. The maximum Gasteiger partial charge on any atom is 0.270 e. The second kappa shape index (κ2) is 6.84. The predicted molar refractivity (Wildman–Crippen MR) is 94.0 cm³/mol. The maximum atomic E-state index is 13.2. The van der Waals surface area contributed by atoms with Crippen LogP contribution in [0.5, 0.6) is 0 Å². The molecule has 2 aromatic rings. The number of carbonyl (C=O) groups excluding carboxylic acids is 1. The highest BCUT2D eigenvalue weighted by atomic mass is 32.2. The zero-order valence-corrected chi connectivity index (χ0v) is 14.5. The van der Waals surface area contributed by atoms with E-state index in [0.717, 1.165) is 18.4 Å². The molecule has 0 fully saturated rings. The van der Waals surface area contributed by atoms with E-state index in [0.29, 0.717) is 11.4 Å². The molecule has 128 valence electrons. The SMILES string of the molecule is CCC[C@@H](C)n1[nH]c(=O)c2c1NC(=O)CS[C@@H]2c1ccc(F)cc1. The Kier molecular flexibility index (Phi) is 4.80. The van der Waals surface area contributed by atoms with Gasteiger partial charge in [-0.15, -0.1) is 11.8 Å². The van der Waals surface area contributed by atoms with E-state index in [2.05, 4.69) is 17.3 Å². The lowest BCUT2D eigenvalue weighted by Gasteiger charge is -2.17.